The van der Waals surface area contributed by atoms with Crippen LogP contribution in [0.1, 0.15) is 309 Å². The van der Waals surface area contributed by atoms with E-state index in [9.17, 15) is 19.8 Å². The van der Waals surface area contributed by atoms with Gasteiger partial charge >= 0.3 is 5.97 Å². The fourth-order valence-electron chi connectivity index (χ4n) is 8.70. The highest BCUT2D eigenvalue weighted by molar-refractivity contribution is 5.76. The Morgan fingerprint density at radius 3 is 1.02 bits per heavy atom. The summed E-state index contributed by atoms with van der Waals surface area (Å²) in [6, 6.07) is -0.541. The summed E-state index contributed by atoms with van der Waals surface area (Å²) in [5, 5.41) is 23.2. The van der Waals surface area contributed by atoms with Crippen LogP contribution in [0, 0.1) is 0 Å². The van der Waals surface area contributed by atoms with Crippen molar-refractivity contribution in [2.75, 3.05) is 13.2 Å². The molecular weight excluding hydrogens is 743 g/mol. The first-order valence-corrected chi connectivity index (χ1v) is 27.3. The highest BCUT2D eigenvalue weighted by atomic mass is 16.5. The number of hydrogen-bond donors (Lipinski definition) is 3. The van der Waals surface area contributed by atoms with E-state index in [1.807, 2.05) is 0 Å². The third-order valence-electron chi connectivity index (χ3n) is 12.9. The zero-order valence-electron chi connectivity index (χ0n) is 40.7. The number of amides is 1. The van der Waals surface area contributed by atoms with Gasteiger partial charge < -0.3 is 20.3 Å². The van der Waals surface area contributed by atoms with Crippen molar-refractivity contribution in [2.24, 2.45) is 0 Å². The lowest BCUT2D eigenvalue weighted by Crippen LogP contribution is -2.45. The van der Waals surface area contributed by atoms with Gasteiger partial charge in [0.1, 0.15) is 0 Å². The van der Waals surface area contributed by atoms with Gasteiger partial charge in [-0.25, -0.2) is 0 Å². The predicted octanol–water partition coefficient (Wildman–Crippen LogP) is 16.4. The maximum atomic E-state index is 12.4. The van der Waals surface area contributed by atoms with Crippen molar-refractivity contribution in [1.82, 2.24) is 5.32 Å². The van der Waals surface area contributed by atoms with Gasteiger partial charge in [0.15, 0.2) is 0 Å². The van der Waals surface area contributed by atoms with Crippen molar-refractivity contribution in [3.05, 3.63) is 0 Å². The molecule has 0 heterocycles. The normalized spacial score (nSPS) is 12.5. The van der Waals surface area contributed by atoms with Gasteiger partial charge in [-0.1, -0.05) is 271 Å². The average molecular weight is 850 g/mol. The maximum Gasteiger partial charge on any atom is 0.305 e. The van der Waals surface area contributed by atoms with E-state index in [0.717, 1.165) is 38.5 Å². The molecule has 0 fully saturated rings. The summed E-state index contributed by atoms with van der Waals surface area (Å²) in [6.07, 6.45) is 56.5. The van der Waals surface area contributed by atoms with Gasteiger partial charge in [0, 0.05) is 12.8 Å². The molecule has 0 saturated carbocycles. The summed E-state index contributed by atoms with van der Waals surface area (Å²) in [4.78, 5) is 24.4. The summed E-state index contributed by atoms with van der Waals surface area (Å²) in [7, 11) is 0. The highest BCUT2D eigenvalue weighted by Gasteiger charge is 2.20. The van der Waals surface area contributed by atoms with E-state index in [4.69, 9.17) is 4.74 Å². The van der Waals surface area contributed by atoms with Crippen LogP contribution in [0.2, 0.25) is 0 Å². The molecule has 0 rings (SSSR count). The highest BCUT2D eigenvalue weighted by Crippen LogP contribution is 2.17. The van der Waals surface area contributed by atoms with Gasteiger partial charge in [0.25, 0.3) is 0 Å². The molecular formula is C54H107NO5. The Kier molecular flexibility index (Phi) is 49.5. The number of nitrogens with one attached hydrogen (secondary N) is 1. The van der Waals surface area contributed by atoms with Gasteiger partial charge in [-0.05, 0) is 25.7 Å². The number of hydrogen-bond acceptors (Lipinski definition) is 5. The standard InChI is InChI=1S/C54H107NO5/c1-3-5-7-9-11-13-15-23-27-30-34-38-42-46-52(57)51(50-56)55-53(58)47-43-39-35-31-28-24-21-19-17-16-18-20-22-25-29-33-37-41-45-49-60-54(59)48-44-40-36-32-26-14-12-10-8-6-4-2/h51-52,56-57H,3-50H2,1-2H3,(H,55,58). The molecule has 6 nitrogen and oxygen atoms in total. The fraction of sp³-hybridized carbons (Fsp3) is 0.963. The third-order valence-corrected chi connectivity index (χ3v) is 12.9. The van der Waals surface area contributed by atoms with E-state index in [-0.39, 0.29) is 18.5 Å². The number of ether oxygens (including phenoxy) is 1. The molecule has 1 amide bonds. The average Bonchev–Trinajstić information content (AvgIpc) is 3.25. The minimum Gasteiger partial charge on any atom is -0.466 e. The lowest BCUT2D eigenvalue weighted by Gasteiger charge is -2.22. The molecule has 2 atom stereocenters. The molecule has 0 aliphatic heterocycles. The van der Waals surface area contributed by atoms with Crippen molar-refractivity contribution in [3.63, 3.8) is 0 Å². The lowest BCUT2D eigenvalue weighted by molar-refractivity contribution is -0.143. The molecule has 0 aliphatic rings. The molecule has 0 aromatic rings. The minimum atomic E-state index is -0.663. The molecule has 0 radical (unpaired) electrons. The number of esters is 1. The second-order valence-electron chi connectivity index (χ2n) is 18.9. The van der Waals surface area contributed by atoms with Crippen LogP contribution in [0.25, 0.3) is 0 Å². The molecule has 0 bridgehead atoms. The fourth-order valence-corrected chi connectivity index (χ4v) is 8.70. The van der Waals surface area contributed by atoms with Crippen LogP contribution < -0.4 is 5.32 Å². The first-order valence-electron chi connectivity index (χ1n) is 27.3. The van der Waals surface area contributed by atoms with Crippen LogP contribution >= 0.6 is 0 Å². The van der Waals surface area contributed by atoms with Gasteiger partial charge in [0.05, 0.1) is 25.4 Å². The zero-order valence-corrected chi connectivity index (χ0v) is 40.7. The number of aliphatic hydroxyl groups excluding tert-OH is 2. The number of rotatable bonds is 51. The molecule has 0 aromatic carbocycles. The Hall–Kier alpha value is -1.14. The van der Waals surface area contributed by atoms with Crippen LogP contribution in [-0.2, 0) is 14.3 Å². The van der Waals surface area contributed by atoms with Crippen LogP contribution in [0.3, 0.4) is 0 Å². The Morgan fingerprint density at radius 1 is 0.400 bits per heavy atom. The van der Waals surface area contributed by atoms with Crippen molar-refractivity contribution >= 4 is 11.9 Å². The summed E-state index contributed by atoms with van der Waals surface area (Å²) in [6.45, 7) is 4.95. The molecule has 358 valence electrons. The molecule has 3 N–H and O–H groups in total. The summed E-state index contributed by atoms with van der Waals surface area (Å²) >= 11 is 0. The van der Waals surface area contributed by atoms with Crippen LogP contribution in [0.4, 0.5) is 0 Å². The van der Waals surface area contributed by atoms with Crippen molar-refractivity contribution in [3.8, 4) is 0 Å². The zero-order chi connectivity index (χ0) is 43.7. The first-order chi connectivity index (χ1) is 29.5. The van der Waals surface area contributed by atoms with Gasteiger partial charge in [-0.15, -0.1) is 0 Å². The molecule has 0 spiro atoms. The Bertz CT molecular complexity index is 852. The SMILES string of the molecule is CCCCCCCCCCCCCCCC(O)C(CO)NC(=O)CCCCCCCCCCCCCCCCCCCCCOC(=O)CCCCCCCCCCCCC. The quantitative estimate of drug-likeness (QED) is 0.0418. The van der Waals surface area contributed by atoms with E-state index in [0.29, 0.717) is 25.9 Å². The van der Waals surface area contributed by atoms with Crippen molar-refractivity contribution in [2.45, 2.75) is 321 Å². The van der Waals surface area contributed by atoms with Gasteiger partial charge in [-0.2, -0.15) is 0 Å². The topological polar surface area (TPSA) is 95.9 Å². The molecule has 60 heavy (non-hydrogen) atoms. The predicted molar refractivity (Wildman–Crippen MR) is 260 cm³/mol. The van der Waals surface area contributed by atoms with Crippen molar-refractivity contribution in [1.29, 1.82) is 0 Å². The number of unbranched alkanes of at least 4 members (excludes halogenated alkanes) is 40. The third kappa shape index (κ3) is 46.4. The second kappa shape index (κ2) is 50.5. The monoisotopic (exact) mass is 850 g/mol. The van der Waals surface area contributed by atoms with E-state index < -0.39 is 12.1 Å². The number of aliphatic hydroxyl groups is 2. The first kappa shape index (κ1) is 58.9. The molecule has 0 saturated heterocycles. The van der Waals surface area contributed by atoms with Gasteiger partial charge in [0.2, 0.25) is 5.91 Å². The van der Waals surface area contributed by atoms with Crippen LogP contribution in [-0.4, -0.2) is 47.4 Å². The van der Waals surface area contributed by atoms with Crippen LogP contribution in [0.5, 0.6) is 0 Å². The minimum absolute atomic E-state index is 0.00929. The summed E-state index contributed by atoms with van der Waals surface area (Å²) in [5.41, 5.74) is 0. The molecule has 0 aliphatic carbocycles. The Labute approximate surface area is 375 Å². The van der Waals surface area contributed by atoms with Gasteiger partial charge in [-0.3, -0.25) is 9.59 Å². The van der Waals surface area contributed by atoms with E-state index in [1.54, 1.807) is 0 Å². The summed E-state index contributed by atoms with van der Waals surface area (Å²) < 4.78 is 5.46. The molecule has 6 heteroatoms. The molecule has 0 aromatic heterocycles. The van der Waals surface area contributed by atoms with E-state index in [2.05, 4.69) is 19.2 Å². The second-order valence-corrected chi connectivity index (χ2v) is 18.9. The Morgan fingerprint density at radius 2 is 0.683 bits per heavy atom. The van der Waals surface area contributed by atoms with E-state index in [1.165, 1.54) is 238 Å². The number of carbonyl (C=O) groups is 2. The van der Waals surface area contributed by atoms with E-state index >= 15 is 0 Å². The van der Waals surface area contributed by atoms with Crippen LogP contribution in [0.15, 0.2) is 0 Å². The maximum absolute atomic E-state index is 12.4. The van der Waals surface area contributed by atoms with Crippen molar-refractivity contribution < 1.29 is 24.5 Å². The molecule has 2 unspecified atom stereocenters. The smallest absolute Gasteiger partial charge is 0.305 e. The Balaban J connectivity index is 3.38. The summed E-state index contributed by atoms with van der Waals surface area (Å²) in [5.74, 6) is -0.0271. The lowest BCUT2D eigenvalue weighted by atomic mass is 10.0. The largest absolute Gasteiger partial charge is 0.466 e. The number of carbonyl (C=O) groups excluding carboxylic acids is 2.